The van der Waals surface area contributed by atoms with E-state index >= 15 is 0 Å². The second-order valence-electron chi connectivity index (χ2n) is 2.97. The Morgan fingerprint density at radius 2 is 2.20 bits per heavy atom. The lowest BCUT2D eigenvalue weighted by atomic mass is 9.81. The predicted molar refractivity (Wildman–Crippen MR) is 43.0 cm³/mol. The minimum Gasteiger partial charge on any atom is -0.402 e. The van der Waals surface area contributed by atoms with E-state index in [0.29, 0.717) is 11.6 Å². The topological polar surface area (TPSA) is 49.9 Å². The van der Waals surface area contributed by atoms with Gasteiger partial charge in [0.25, 0.3) is 0 Å². The molecule has 0 aliphatic heterocycles. The lowest BCUT2D eigenvalue weighted by Crippen LogP contribution is -2.20. The molecular formula is C8H14N2. The van der Waals surface area contributed by atoms with Gasteiger partial charge in [-0.2, -0.15) is 0 Å². The van der Waals surface area contributed by atoms with Crippen molar-refractivity contribution in [3.63, 3.8) is 0 Å². The monoisotopic (exact) mass is 138 g/mol. The molecule has 0 amide bonds. The van der Waals surface area contributed by atoms with Crippen LogP contribution >= 0.6 is 0 Å². The first-order valence-electron chi connectivity index (χ1n) is 3.72. The van der Waals surface area contributed by atoms with Crippen LogP contribution in [0.2, 0.25) is 0 Å². The van der Waals surface area contributed by atoms with Gasteiger partial charge >= 0.3 is 0 Å². The quantitative estimate of drug-likeness (QED) is 0.560. The molecule has 2 heteroatoms. The lowest BCUT2D eigenvalue weighted by Gasteiger charge is -2.24. The van der Waals surface area contributed by atoms with E-state index in [1.807, 2.05) is 6.92 Å². The molecule has 3 N–H and O–H groups in total. The summed E-state index contributed by atoms with van der Waals surface area (Å²) in [6, 6.07) is 0. The number of allylic oxidation sites excluding steroid dienone is 2. The Labute approximate surface area is 61.6 Å². The number of hydrogen-bond acceptors (Lipinski definition) is 2. The molecule has 2 nitrogen and oxygen atoms in total. The Morgan fingerprint density at radius 3 is 2.50 bits per heavy atom. The van der Waals surface area contributed by atoms with Crippen molar-refractivity contribution in [3.8, 4) is 0 Å². The molecule has 0 radical (unpaired) electrons. The largest absolute Gasteiger partial charge is 0.402 e. The summed E-state index contributed by atoms with van der Waals surface area (Å²) in [5, 5.41) is 7.52. The average molecular weight is 138 g/mol. The van der Waals surface area contributed by atoms with Gasteiger partial charge in [-0.1, -0.05) is 6.42 Å². The molecule has 0 saturated heterocycles. The maximum Gasteiger partial charge on any atom is 0.0361 e. The van der Waals surface area contributed by atoms with Gasteiger partial charge in [-0.15, -0.1) is 0 Å². The fourth-order valence-electron chi connectivity index (χ4n) is 1.08. The van der Waals surface area contributed by atoms with Gasteiger partial charge in [0.15, 0.2) is 0 Å². The molecule has 0 spiro atoms. The molecule has 1 rings (SSSR count). The van der Waals surface area contributed by atoms with Crippen molar-refractivity contribution in [3.05, 3.63) is 11.8 Å². The summed E-state index contributed by atoms with van der Waals surface area (Å²) in [4.78, 5) is 0. The smallest absolute Gasteiger partial charge is 0.0361 e. The van der Waals surface area contributed by atoms with Crippen LogP contribution in [0.1, 0.15) is 26.2 Å². The van der Waals surface area contributed by atoms with Gasteiger partial charge in [0.2, 0.25) is 0 Å². The van der Waals surface area contributed by atoms with E-state index in [0.717, 1.165) is 5.70 Å². The van der Waals surface area contributed by atoms with E-state index in [-0.39, 0.29) is 0 Å². The van der Waals surface area contributed by atoms with Gasteiger partial charge in [-0.05, 0) is 25.8 Å². The minimum atomic E-state index is 0.512. The van der Waals surface area contributed by atoms with Crippen LogP contribution in [-0.4, -0.2) is 5.71 Å². The second kappa shape index (κ2) is 2.86. The first-order valence-corrected chi connectivity index (χ1v) is 3.72. The molecule has 1 aliphatic rings. The average Bonchev–Trinajstić information content (AvgIpc) is 1.55. The maximum absolute atomic E-state index is 7.52. The Kier molecular flexibility index (Phi) is 2.10. The highest BCUT2D eigenvalue weighted by molar-refractivity contribution is 5.95. The van der Waals surface area contributed by atoms with Crippen LogP contribution in [0.5, 0.6) is 0 Å². The van der Waals surface area contributed by atoms with E-state index in [1.54, 1.807) is 6.08 Å². The van der Waals surface area contributed by atoms with Gasteiger partial charge in [-0.3, -0.25) is 0 Å². The summed E-state index contributed by atoms with van der Waals surface area (Å²) >= 11 is 0. The van der Waals surface area contributed by atoms with Crippen LogP contribution in [0.15, 0.2) is 11.8 Å². The lowest BCUT2D eigenvalue weighted by molar-refractivity contribution is 0.413. The number of nitrogens with one attached hydrogen (secondary N) is 1. The fourth-order valence-corrected chi connectivity index (χ4v) is 1.08. The molecule has 1 aliphatic carbocycles. The summed E-state index contributed by atoms with van der Waals surface area (Å²) in [6.07, 6.45) is 5.42. The summed E-state index contributed by atoms with van der Waals surface area (Å²) in [6.45, 7) is 1.83. The molecule has 10 heavy (non-hydrogen) atoms. The number of rotatable bonds is 2. The zero-order valence-electron chi connectivity index (χ0n) is 6.35. The molecule has 0 heterocycles. The summed E-state index contributed by atoms with van der Waals surface area (Å²) in [5.41, 5.74) is 6.89. The van der Waals surface area contributed by atoms with Gasteiger partial charge < -0.3 is 11.1 Å². The van der Waals surface area contributed by atoms with Crippen LogP contribution < -0.4 is 5.73 Å². The standard InChI is InChI=1S/C8H14N2/c1-6(9)5-8(10)7-3-2-4-7/h5,7,10H,2-4,9H2,1H3. The highest BCUT2D eigenvalue weighted by atomic mass is 14.6. The van der Waals surface area contributed by atoms with Crippen LogP contribution in [-0.2, 0) is 0 Å². The van der Waals surface area contributed by atoms with Crippen molar-refractivity contribution in [1.29, 1.82) is 5.41 Å². The number of hydrogen-bond donors (Lipinski definition) is 2. The van der Waals surface area contributed by atoms with Gasteiger partial charge in [0.05, 0.1) is 0 Å². The summed E-state index contributed by atoms with van der Waals surface area (Å²) < 4.78 is 0. The van der Waals surface area contributed by atoms with Crippen molar-refractivity contribution in [2.45, 2.75) is 26.2 Å². The normalized spacial score (nSPS) is 20.3. The van der Waals surface area contributed by atoms with Crippen molar-refractivity contribution >= 4 is 5.71 Å². The maximum atomic E-state index is 7.52. The van der Waals surface area contributed by atoms with E-state index in [4.69, 9.17) is 11.1 Å². The summed E-state index contributed by atoms with van der Waals surface area (Å²) in [7, 11) is 0. The van der Waals surface area contributed by atoms with E-state index in [2.05, 4.69) is 0 Å². The van der Waals surface area contributed by atoms with Crippen LogP contribution in [0.3, 0.4) is 0 Å². The Balaban J connectivity index is 2.41. The molecule has 0 atom stereocenters. The first kappa shape index (κ1) is 7.32. The van der Waals surface area contributed by atoms with Crippen LogP contribution in [0.25, 0.3) is 0 Å². The van der Waals surface area contributed by atoms with E-state index in [1.165, 1.54) is 19.3 Å². The molecular weight excluding hydrogens is 124 g/mol. The van der Waals surface area contributed by atoms with Gasteiger partial charge in [0.1, 0.15) is 0 Å². The molecule has 0 aromatic heterocycles. The van der Waals surface area contributed by atoms with Crippen molar-refractivity contribution in [2.75, 3.05) is 0 Å². The molecule has 0 aromatic rings. The molecule has 0 unspecified atom stereocenters. The van der Waals surface area contributed by atoms with E-state index < -0.39 is 0 Å². The third-order valence-electron chi connectivity index (χ3n) is 1.93. The zero-order valence-corrected chi connectivity index (χ0v) is 6.35. The Bertz CT molecular complexity index is 162. The first-order chi connectivity index (χ1) is 4.70. The summed E-state index contributed by atoms with van der Waals surface area (Å²) in [5.74, 6) is 0.512. The molecule has 0 aromatic carbocycles. The van der Waals surface area contributed by atoms with Crippen LogP contribution in [0, 0.1) is 11.3 Å². The zero-order chi connectivity index (χ0) is 7.56. The third-order valence-corrected chi connectivity index (χ3v) is 1.93. The molecule has 0 bridgehead atoms. The minimum absolute atomic E-state index is 0.512. The van der Waals surface area contributed by atoms with Crippen molar-refractivity contribution in [2.24, 2.45) is 11.7 Å². The second-order valence-corrected chi connectivity index (χ2v) is 2.97. The van der Waals surface area contributed by atoms with Crippen molar-refractivity contribution < 1.29 is 0 Å². The highest BCUT2D eigenvalue weighted by Gasteiger charge is 2.20. The fraction of sp³-hybridized carbons (Fsp3) is 0.625. The van der Waals surface area contributed by atoms with Gasteiger partial charge in [-0.25, -0.2) is 0 Å². The SMILES string of the molecule is CC(N)=CC(=N)C1CCC1. The van der Waals surface area contributed by atoms with Gasteiger partial charge in [0, 0.05) is 17.3 Å². The Morgan fingerprint density at radius 1 is 1.60 bits per heavy atom. The molecule has 56 valence electrons. The number of nitrogens with two attached hydrogens (primary N) is 1. The third kappa shape index (κ3) is 1.59. The highest BCUT2D eigenvalue weighted by Crippen LogP contribution is 2.27. The van der Waals surface area contributed by atoms with Crippen molar-refractivity contribution in [1.82, 2.24) is 0 Å². The molecule has 1 saturated carbocycles. The predicted octanol–water partition coefficient (Wildman–Crippen LogP) is 1.67. The van der Waals surface area contributed by atoms with E-state index in [9.17, 15) is 0 Å². The molecule has 1 fully saturated rings. The Hall–Kier alpha value is -0.790. The van der Waals surface area contributed by atoms with Crippen LogP contribution in [0.4, 0.5) is 0 Å².